The van der Waals surface area contributed by atoms with E-state index in [0.717, 1.165) is 16.5 Å². The molecule has 32 heavy (non-hydrogen) atoms. The molecule has 0 fully saturated rings. The van der Waals surface area contributed by atoms with Gasteiger partial charge in [0, 0.05) is 18.2 Å². The number of nitrogens with zero attached hydrogens (tertiary/aromatic N) is 3. The molecule has 0 bridgehead atoms. The maximum absolute atomic E-state index is 12.1. The maximum Gasteiger partial charge on any atom is 0.227 e. The number of pyridine rings is 1. The van der Waals surface area contributed by atoms with Crippen molar-refractivity contribution < 1.29 is 18.5 Å². The Labute approximate surface area is 186 Å². The molecule has 1 N–H and O–H groups in total. The lowest BCUT2D eigenvalue weighted by Crippen LogP contribution is -2.24. The largest absolute Gasteiger partial charge is 0.471 e. The molecule has 0 saturated carbocycles. The van der Waals surface area contributed by atoms with E-state index in [0.29, 0.717) is 41.9 Å². The van der Waals surface area contributed by atoms with Crippen molar-refractivity contribution in [2.24, 2.45) is 0 Å². The Kier molecular flexibility index (Phi) is 5.94. The average molecular weight is 434 g/mol. The molecular weight excluding hydrogens is 408 g/mol. The van der Waals surface area contributed by atoms with Gasteiger partial charge in [-0.25, -0.2) is 4.98 Å². The first kappa shape index (κ1) is 21.5. The summed E-state index contributed by atoms with van der Waals surface area (Å²) >= 11 is 0. The van der Waals surface area contributed by atoms with E-state index in [1.54, 1.807) is 18.4 Å². The Morgan fingerprint density at radius 1 is 1.16 bits per heavy atom. The molecule has 1 amide bonds. The number of fused-ring (bicyclic) bond motifs is 1. The van der Waals surface area contributed by atoms with Crippen molar-refractivity contribution in [2.45, 2.75) is 52.7 Å². The highest BCUT2D eigenvalue weighted by Crippen LogP contribution is 2.32. The number of rotatable bonds is 7. The monoisotopic (exact) mass is 434 g/mol. The molecule has 0 atom stereocenters. The van der Waals surface area contributed by atoms with Crippen molar-refractivity contribution >= 4 is 16.8 Å². The van der Waals surface area contributed by atoms with E-state index in [4.69, 9.17) is 18.7 Å². The van der Waals surface area contributed by atoms with Crippen LogP contribution in [0.5, 0.6) is 5.88 Å². The second kappa shape index (κ2) is 8.82. The summed E-state index contributed by atoms with van der Waals surface area (Å²) in [7, 11) is 0. The number of carbonyl (C=O) groups is 1. The number of aryl methyl sites for hydroxylation is 2. The number of nitrogens with one attached hydrogen (secondary N) is 1. The van der Waals surface area contributed by atoms with Gasteiger partial charge >= 0.3 is 0 Å². The van der Waals surface area contributed by atoms with E-state index in [2.05, 4.69) is 21.5 Å². The summed E-state index contributed by atoms with van der Waals surface area (Å²) in [5.74, 6) is 1.77. The smallest absolute Gasteiger partial charge is 0.227 e. The van der Waals surface area contributed by atoms with E-state index in [1.807, 2.05) is 45.9 Å². The molecule has 4 rings (SSSR count). The molecular formula is C24H26N4O4. The van der Waals surface area contributed by atoms with Crippen molar-refractivity contribution in [2.75, 3.05) is 0 Å². The minimum Gasteiger partial charge on any atom is -0.471 e. The Morgan fingerprint density at radius 3 is 2.75 bits per heavy atom. The molecule has 8 nitrogen and oxygen atoms in total. The molecule has 0 radical (unpaired) electrons. The van der Waals surface area contributed by atoms with Gasteiger partial charge in [0.05, 0.1) is 23.9 Å². The molecule has 8 heteroatoms. The molecule has 4 aromatic rings. The van der Waals surface area contributed by atoms with E-state index in [1.165, 1.54) is 0 Å². The van der Waals surface area contributed by atoms with Crippen LogP contribution >= 0.6 is 0 Å². The lowest BCUT2D eigenvalue weighted by atomic mass is 10.1. The zero-order chi connectivity index (χ0) is 22.7. The van der Waals surface area contributed by atoms with Gasteiger partial charge in [-0.3, -0.25) is 4.79 Å². The Bertz CT molecular complexity index is 1220. The number of carbonyl (C=O) groups excluding carboxylic acids is 1. The van der Waals surface area contributed by atoms with Gasteiger partial charge in [-0.2, -0.15) is 4.98 Å². The molecule has 3 aromatic heterocycles. The van der Waals surface area contributed by atoms with E-state index in [9.17, 15) is 4.79 Å². The van der Waals surface area contributed by atoms with Crippen molar-refractivity contribution in [3.63, 3.8) is 0 Å². The predicted octanol–water partition coefficient (Wildman–Crippen LogP) is 4.61. The topological polar surface area (TPSA) is 103 Å². The summed E-state index contributed by atoms with van der Waals surface area (Å²) in [5, 5.41) is 7.88. The van der Waals surface area contributed by atoms with Gasteiger partial charge < -0.3 is 19.0 Å². The highest BCUT2D eigenvalue weighted by Gasteiger charge is 2.21. The van der Waals surface area contributed by atoms with E-state index in [-0.39, 0.29) is 12.3 Å². The number of amides is 1. The summed E-state index contributed by atoms with van der Waals surface area (Å²) in [6.07, 6.45) is 2.12. The van der Waals surface area contributed by atoms with Crippen LogP contribution in [0.3, 0.4) is 0 Å². The van der Waals surface area contributed by atoms with Crippen LogP contribution in [-0.4, -0.2) is 26.6 Å². The van der Waals surface area contributed by atoms with Crippen LogP contribution in [0, 0.1) is 6.92 Å². The highest BCUT2D eigenvalue weighted by molar-refractivity contribution is 5.85. The number of furan rings is 1. The first-order valence-corrected chi connectivity index (χ1v) is 10.5. The Balaban J connectivity index is 1.52. The number of hydrogen-bond donors (Lipinski definition) is 1. The zero-order valence-corrected chi connectivity index (χ0v) is 18.6. The van der Waals surface area contributed by atoms with Gasteiger partial charge in [-0.05, 0) is 58.0 Å². The lowest BCUT2D eigenvalue weighted by Gasteiger charge is -2.22. The van der Waals surface area contributed by atoms with Gasteiger partial charge in [-0.1, -0.05) is 16.8 Å². The number of benzene rings is 1. The van der Waals surface area contributed by atoms with E-state index < -0.39 is 5.60 Å². The summed E-state index contributed by atoms with van der Waals surface area (Å²) < 4.78 is 16.7. The molecule has 0 spiro atoms. The first-order chi connectivity index (χ1) is 15.3. The third kappa shape index (κ3) is 5.32. The van der Waals surface area contributed by atoms with Crippen LogP contribution in [0.4, 0.5) is 0 Å². The fourth-order valence-electron chi connectivity index (χ4n) is 3.18. The number of aromatic nitrogens is 3. The van der Waals surface area contributed by atoms with Crippen LogP contribution in [0.1, 0.15) is 44.4 Å². The summed E-state index contributed by atoms with van der Waals surface area (Å²) in [6.45, 7) is 8.25. The van der Waals surface area contributed by atoms with Crippen molar-refractivity contribution in [1.29, 1.82) is 0 Å². The summed E-state index contributed by atoms with van der Waals surface area (Å²) in [5.41, 5.74) is 2.16. The average Bonchev–Trinajstić information content (AvgIpc) is 3.41. The summed E-state index contributed by atoms with van der Waals surface area (Å²) in [6, 6.07) is 11.6. The van der Waals surface area contributed by atoms with Crippen molar-refractivity contribution in [3.05, 3.63) is 59.9 Å². The molecule has 3 heterocycles. The first-order valence-electron chi connectivity index (χ1n) is 10.5. The second-order valence-electron chi connectivity index (χ2n) is 8.62. The normalized spacial score (nSPS) is 11.6. The minimum absolute atomic E-state index is 0.124. The predicted molar refractivity (Wildman–Crippen MR) is 119 cm³/mol. The van der Waals surface area contributed by atoms with Gasteiger partial charge in [0.15, 0.2) is 0 Å². The van der Waals surface area contributed by atoms with Crippen LogP contribution < -0.4 is 10.1 Å². The highest BCUT2D eigenvalue weighted by atomic mass is 16.5. The standard InChI is InChI=1S/C24H26N4O4/c1-15-7-8-19-16(12-15)13-18(23(26-19)31-24(2,3)4)22-27-21(32-28-22)10-9-20(29)25-14-17-6-5-11-30-17/h5-8,11-13H,9-10,14H2,1-4H3,(H,25,29). The van der Waals surface area contributed by atoms with Gasteiger partial charge in [0.1, 0.15) is 11.4 Å². The fourth-order valence-corrected chi connectivity index (χ4v) is 3.18. The Hall–Kier alpha value is -3.68. The molecule has 1 aromatic carbocycles. The number of ether oxygens (including phenoxy) is 1. The Morgan fingerprint density at radius 2 is 2.00 bits per heavy atom. The molecule has 0 aliphatic carbocycles. The van der Waals surface area contributed by atoms with Gasteiger partial charge in [-0.15, -0.1) is 0 Å². The van der Waals surface area contributed by atoms with Crippen LogP contribution in [-0.2, 0) is 17.8 Å². The van der Waals surface area contributed by atoms with Crippen LogP contribution in [0.25, 0.3) is 22.3 Å². The van der Waals surface area contributed by atoms with E-state index >= 15 is 0 Å². The van der Waals surface area contributed by atoms with Crippen molar-refractivity contribution in [3.8, 4) is 17.3 Å². The van der Waals surface area contributed by atoms with Crippen molar-refractivity contribution in [1.82, 2.24) is 20.4 Å². The quantitative estimate of drug-likeness (QED) is 0.453. The minimum atomic E-state index is -0.446. The zero-order valence-electron chi connectivity index (χ0n) is 18.6. The van der Waals surface area contributed by atoms with Crippen LogP contribution in [0.2, 0.25) is 0 Å². The van der Waals surface area contributed by atoms with Gasteiger partial charge in [0.25, 0.3) is 0 Å². The fraction of sp³-hybridized carbons (Fsp3) is 0.333. The molecule has 166 valence electrons. The van der Waals surface area contributed by atoms with Crippen LogP contribution in [0.15, 0.2) is 51.6 Å². The molecule has 0 unspecified atom stereocenters. The molecule has 0 saturated heterocycles. The third-order valence-electron chi connectivity index (χ3n) is 4.65. The molecule has 0 aliphatic rings. The molecule has 0 aliphatic heterocycles. The second-order valence-corrected chi connectivity index (χ2v) is 8.62. The van der Waals surface area contributed by atoms with Gasteiger partial charge in [0.2, 0.25) is 23.5 Å². The SMILES string of the molecule is Cc1ccc2nc(OC(C)(C)C)c(-c3noc(CCC(=O)NCc4ccco4)n3)cc2c1. The maximum atomic E-state index is 12.1. The summed E-state index contributed by atoms with van der Waals surface area (Å²) in [4.78, 5) is 21.3. The number of hydrogen-bond acceptors (Lipinski definition) is 7. The third-order valence-corrected chi connectivity index (χ3v) is 4.65. The lowest BCUT2D eigenvalue weighted by molar-refractivity contribution is -0.121.